The average Bonchev–Trinajstić information content (AvgIpc) is 2.42. The molecule has 2 rings (SSSR count). The molecule has 0 spiro atoms. The Morgan fingerprint density at radius 1 is 1.28 bits per heavy atom. The number of rotatable bonds is 4. The second-order valence-corrected chi connectivity index (χ2v) is 4.29. The van der Waals surface area contributed by atoms with Crippen LogP contribution in [0.25, 0.3) is 0 Å². The zero-order valence-electron chi connectivity index (χ0n) is 9.68. The summed E-state index contributed by atoms with van der Waals surface area (Å²) in [6, 6.07) is 13.0. The lowest BCUT2D eigenvalue weighted by Gasteiger charge is -2.11. The van der Waals surface area contributed by atoms with E-state index in [2.05, 4.69) is 16.4 Å². The molecule has 0 aliphatic rings. The van der Waals surface area contributed by atoms with E-state index in [1.165, 1.54) is 0 Å². The Kier molecular flexibility index (Phi) is 4.30. The van der Waals surface area contributed by atoms with Gasteiger partial charge in [-0.05, 0) is 29.3 Å². The summed E-state index contributed by atoms with van der Waals surface area (Å²) in [6.45, 7) is 0.606. The fraction of sp³-hybridized carbons (Fsp3) is 0.143. The molecule has 0 saturated carbocycles. The van der Waals surface area contributed by atoms with E-state index in [1.807, 2.05) is 24.3 Å². The molecule has 1 heterocycles. The van der Waals surface area contributed by atoms with Crippen LogP contribution in [0.15, 0.2) is 48.8 Å². The third-order valence-corrected chi connectivity index (χ3v) is 2.82. The predicted octanol–water partition coefficient (Wildman–Crippen LogP) is 3.09. The van der Waals surface area contributed by atoms with Gasteiger partial charge in [0.2, 0.25) is 0 Å². The summed E-state index contributed by atoms with van der Waals surface area (Å²) in [5, 5.41) is 13.0. The van der Waals surface area contributed by atoms with Crippen LogP contribution in [-0.4, -0.2) is 4.98 Å². The molecule has 1 aromatic heterocycles. The minimum Gasteiger partial charge on any atom is -0.294 e. The van der Waals surface area contributed by atoms with Crippen molar-refractivity contribution in [2.75, 3.05) is 0 Å². The topological polar surface area (TPSA) is 48.7 Å². The van der Waals surface area contributed by atoms with Gasteiger partial charge in [-0.15, -0.1) is 0 Å². The Balaban J connectivity index is 2.02. The fourth-order valence-electron chi connectivity index (χ4n) is 1.62. The van der Waals surface area contributed by atoms with Crippen LogP contribution in [0.3, 0.4) is 0 Å². The lowest BCUT2D eigenvalue weighted by molar-refractivity contribution is 0.629. The van der Waals surface area contributed by atoms with Gasteiger partial charge in [0.25, 0.3) is 0 Å². The second-order valence-electron chi connectivity index (χ2n) is 3.86. The van der Waals surface area contributed by atoms with Crippen molar-refractivity contribution in [1.82, 2.24) is 10.3 Å². The first-order valence-electron chi connectivity index (χ1n) is 5.57. The lowest BCUT2D eigenvalue weighted by Crippen LogP contribution is -2.19. The number of halogens is 1. The molecule has 0 saturated heterocycles. The van der Waals surface area contributed by atoms with Crippen LogP contribution in [0.5, 0.6) is 0 Å². The number of pyridine rings is 1. The third-order valence-electron chi connectivity index (χ3n) is 2.57. The van der Waals surface area contributed by atoms with Crippen molar-refractivity contribution < 1.29 is 0 Å². The Morgan fingerprint density at radius 2 is 2.06 bits per heavy atom. The molecule has 1 N–H and O–H groups in total. The monoisotopic (exact) mass is 257 g/mol. The molecule has 0 aliphatic carbocycles. The molecule has 2 aromatic rings. The Labute approximate surface area is 111 Å². The van der Waals surface area contributed by atoms with E-state index >= 15 is 0 Å². The standard InChI is InChI=1S/C14H12ClN3/c15-13-5-3-12(4-6-13)14(8-16)18-10-11-2-1-7-17-9-11/h1-7,9,14,18H,10H2. The summed E-state index contributed by atoms with van der Waals surface area (Å²) in [7, 11) is 0. The van der Waals surface area contributed by atoms with Gasteiger partial charge in [0, 0.05) is 24.0 Å². The Bertz CT molecular complexity index is 531. The van der Waals surface area contributed by atoms with Gasteiger partial charge in [0.1, 0.15) is 6.04 Å². The van der Waals surface area contributed by atoms with Crippen molar-refractivity contribution in [3.8, 4) is 6.07 Å². The van der Waals surface area contributed by atoms with E-state index in [4.69, 9.17) is 16.9 Å². The molecule has 1 aromatic carbocycles. The SMILES string of the molecule is N#CC(NCc1cccnc1)c1ccc(Cl)cc1. The maximum absolute atomic E-state index is 9.17. The van der Waals surface area contributed by atoms with E-state index in [9.17, 15) is 0 Å². The molecule has 1 unspecified atom stereocenters. The van der Waals surface area contributed by atoms with Gasteiger partial charge in [0.15, 0.2) is 0 Å². The van der Waals surface area contributed by atoms with E-state index < -0.39 is 0 Å². The van der Waals surface area contributed by atoms with Crippen LogP contribution >= 0.6 is 11.6 Å². The Hall–Kier alpha value is -1.89. The highest BCUT2D eigenvalue weighted by atomic mass is 35.5. The summed E-state index contributed by atoms with van der Waals surface area (Å²) in [6.07, 6.45) is 3.51. The molecular weight excluding hydrogens is 246 g/mol. The number of hydrogen-bond acceptors (Lipinski definition) is 3. The zero-order chi connectivity index (χ0) is 12.8. The first-order valence-corrected chi connectivity index (χ1v) is 5.95. The molecule has 1 atom stereocenters. The molecule has 4 heteroatoms. The highest BCUT2D eigenvalue weighted by Gasteiger charge is 2.09. The first kappa shape index (κ1) is 12.6. The third kappa shape index (κ3) is 3.30. The maximum atomic E-state index is 9.17. The quantitative estimate of drug-likeness (QED) is 0.916. The Morgan fingerprint density at radius 3 is 2.67 bits per heavy atom. The molecule has 0 aliphatic heterocycles. The summed E-state index contributed by atoms with van der Waals surface area (Å²) >= 11 is 5.82. The van der Waals surface area contributed by atoms with Crippen molar-refractivity contribution >= 4 is 11.6 Å². The van der Waals surface area contributed by atoms with Crippen LogP contribution in [0, 0.1) is 11.3 Å². The molecule has 3 nitrogen and oxygen atoms in total. The summed E-state index contributed by atoms with van der Waals surface area (Å²) in [5.74, 6) is 0. The molecule has 0 radical (unpaired) electrons. The average molecular weight is 258 g/mol. The molecule has 0 bridgehead atoms. The minimum absolute atomic E-state index is 0.345. The van der Waals surface area contributed by atoms with Crippen LogP contribution in [0.1, 0.15) is 17.2 Å². The molecule has 18 heavy (non-hydrogen) atoms. The molecule has 0 amide bonds. The van der Waals surface area contributed by atoms with E-state index in [1.54, 1.807) is 24.5 Å². The van der Waals surface area contributed by atoms with Gasteiger partial charge in [-0.2, -0.15) is 5.26 Å². The summed E-state index contributed by atoms with van der Waals surface area (Å²) in [5.41, 5.74) is 1.96. The number of hydrogen-bond donors (Lipinski definition) is 1. The molecule has 0 fully saturated rings. The van der Waals surface area contributed by atoms with Crippen molar-refractivity contribution in [2.24, 2.45) is 0 Å². The second kappa shape index (κ2) is 6.15. The number of nitrogens with zero attached hydrogens (tertiary/aromatic N) is 2. The normalized spacial score (nSPS) is 11.8. The predicted molar refractivity (Wildman–Crippen MR) is 70.9 cm³/mol. The smallest absolute Gasteiger partial charge is 0.121 e. The first-order chi connectivity index (χ1) is 8.79. The van der Waals surface area contributed by atoms with E-state index in [0.29, 0.717) is 11.6 Å². The largest absolute Gasteiger partial charge is 0.294 e. The summed E-state index contributed by atoms with van der Waals surface area (Å²) in [4.78, 5) is 4.03. The lowest BCUT2D eigenvalue weighted by atomic mass is 10.1. The van der Waals surface area contributed by atoms with Crippen LogP contribution in [0.4, 0.5) is 0 Å². The number of nitrogens with one attached hydrogen (secondary N) is 1. The van der Waals surface area contributed by atoms with Gasteiger partial charge in [0.05, 0.1) is 6.07 Å². The van der Waals surface area contributed by atoms with Gasteiger partial charge in [-0.1, -0.05) is 29.8 Å². The maximum Gasteiger partial charge on any atom is 0.121 e. The van der Waals surface area contributed by atoms with Crippen molar-refractivity contribution in [3.05, 3.63) is 64.9 Å². The summed E-state index contributed by atoms with van der Waals surface area (Å²) < 4.78 is 0. The van der Waals surface area contributed by atoms with Crippen LogP contribution in [-0.2, 0) is 6.54 Å². The van der Waals surface area contributed by atoms with E-state index in [-0.39, 0.29) is 6.04 Å². The number of aromatic nitrogens is 1. The molecular formula is C14H12ClN3. The van der Waals surface area contributed by atoms with Crippen molar-refractivity contribution in [3.63, 3.8) is 0 Å². The van der Waals surface area contributed by atoms with Gasteiger partial charge >= 0.3 is 0 Å². The van der Waals surface area contributed by atoms with Crippen LogP contribution in [0.2, 0.25) is 5.02 Å². The highest BCUT2D eigenvalue weighted by molar-refractivity contribution is 6.30. The highest BCUT2D eigenvalue weighted by Crippen LogP contribution is 2.16. The van der Waals surface area contributed by atoms with Crippen molar-refractivity contribution in [1.29, 1.82) is 5.26 Å². The van der Waals surface area contributed by atoms with Crippen LogP contribution < -0.4 is 5.32 Å². The van der Waals surface area contributed by atoms with Gasteiger partial charge < -0.3 is 0 Å². The number of benzene rings is 1. The van der Waals surface area contributed by atoms with E-state index in [0.717, 1.165) is 11.1 Å². The minimum atomic E-state index is -0.345. The number of nitriles is 1. The van der Waals surface area contributed by atoms with Gasteiger partial charge in [-0.25, -0.2) is 0 Å². The molecule has 90 valence electrons. The zero-order valence-corrected chi connectivity index (χ0v) is 10.4. The fourth-order valence-corrected chi connectivity index (χ4v) is 1.74. The van der Waals surface area contributed by atoms with Crippen molar-refractivity contribution in [2.45, 2.75) is 12.6 Å². The van der Waals surface area contributed by atoms with Gasteiger partial charge in [-0.3, -0.25) is 10.3 Å².